The molecule has 2 aromatic carbocycles. The van der Waals surface area contributed by atoms with Crippen LogP contribution in [0.5, 0.6) is 5.75 Å². The minimum atomic E-state index is -0.965. The lowest BCUT2D eigenvalue weighted by Crippen LogP contribution is -2.31. The van der Waals surface area contributed by atoms with Gasteiger partial charge in [-0.05, 0) is 43.3 Å². The van der Waals surface area contributed by atoms with Crippen LogP contribution in [-0.4, -0.2) is 24.6 Å². The molecule has 1 N–H and O–H groups in total. The lowest BCUT2D eigenvalue weighted by Gasteiger charge is -2.14. The van der Waals surface area contributed by atoms with Crippen LogP contribution >= 0.6 is 0 Å². The molecule has 1 atom stereocenters. The summed E-state index contributed by atoms with van der Waals surface area (Å²) in [6.07, 6.45) is -0.965. The molecular weight excluding hydrogens is 308 g/mol. The van der Waals surface area contributed by atoms with Gasteiger partial charge in [-0.2, -0.15) is 5.26 Å². The van der Waals surface area contributed by atoms with Gasteiger partial charge in [0.15, 0.2) is 12.7 Å². The standard InChI is InChI=1S/C18H16N2O4/c1-13(18(22)20-15-9-7-14(11-19)8-10-15)24-17(21)12-23-16-5-3-2-4-6-16/h2-10,13H,12H2,1H3,(H,20,22)/t13-/m1/s1. The Labute approximate surface area is 139 Å². The average molecular weight is 324 g/mol. The first-order valence-electron chi connectivity index (χ1n) is 7.27. The number of nitrogens with zero attached hydrogens (tertiary/aromatic N) is 1. The van der Waals surface area contributed by atoms with Crippen LogP contribution in [0.3, 0.4) is 0 Å². The van der Waals surface area contributed by atoms with Crippen molar-refractivity contribution in [2.24, 2.45) is 0 Å². The third-order valence-electron chi connectivity index (χ3n) is 3.06. The Hall–Kier alpha value is -3.33. The van der Waals surface area contributed by atoms with Gasteiger partial charge < -0.3 is 14.8 Å². The highest BCUT2D eigenvalue weighted by Gasteiger charge is 2.18. The van der Waals surface area contributed by atoms with Crippen LogP contribution in [0.25, 0.3) is 0 Å². The number of hydrogen-bond donors (Lipinski definition) is 1. The third-order valence-corrected chi connectivity index (χ3v) is 3.06. The second-order valence-electron chi connectivity index (χ2n) is 4.91. The molecule has 0 unspecified atom stereocenters. The molecule has 0 aliphatic carbocycles. The van der Waals surface area contributed by atoms with E-state index < -0.39 is 18.0 Å². The average Bonchev–Trinajstić information content (AvgIpc) is 2.61. The molecule has 24 heavy (non-hydrogen) atoms. The fourth-order valence-corrected chi connectivity index (χ4v) is 1.82. The summed E-state index contributed by atoms with van der Waals surface area (Å²) in [5.74, 6) is -0.557. The van der Waals surface area contributed by atoms with Crippen molar-refractivity contribution >= 4 is 17.6 Å². The fraction of sp³-hybridized carbons (Fsp3) is 0.167. The van der Waals surface area contributed by atoms with Gasteiger partial charge in [0.2, 0.25) is 0 Å². The van der Waals surface area contributed by atoms with E-state index in [0.717, 1.165) is 0 Å². The van der Waals surface area contributed by atoms with Gasteiger partial charge in [0.1, 0.15) is 5.75 Å². The maximum absolute atomic E-state index is 12.0. The van der Waals surface area contributed by atoms with E-state index >= 15 is 0 Å². The van der Waals surface area contributed by atoms with Crippen LogP contribution in [-0.2, 0) is 14.3 Å². The van der Waals surface area contributed by atoms with Gasteiger partial charge in [-0.25, -0.2) is 4.79 Å². The minimum Gasteiger partial charge on any atom is -0.482 e. The van der Waals surface area contributed by atoms with E-state index in [1.165, 1.54) is 6.92 Å². The van der Waals surface area contributed by atoms with Crippen molar-refractivity contribution in [2.75, 3.05) is 11.9 Å². The van der Waals surface area contributed by atoms with Crippen LogP contribution in [0.4, 0.5) is 5.69 Å². The molecule has 1 amide bonds. The molecule has 0 saturated carbocycles. The lowest BCUT2D eigenvalue weighted by atomic mass is 10.2. The molecule has 0 aromatic heterocycles. The van der Waals surface area contributed by atoms with E-state index in [1.807, 2.05) is 12.1 Å². The van der Waals surface area contributed by atoms with E-state index in [1.54, 1.807) is 48.5 Å². The molecule has 0 fully saturated rings. The molecule has 0 radical (unpaired) electrons. The second kappa shape index (κ2) is 8.34. The van der Waals surface area contributed by atoms with Gasteiger partial charge >= 0.3 is 5.97 Å². The van der Waals surface area contributed by atoms with Crippen molar-refractivity contribution in [3.63, 3.8) is 0 Å². The predicted molar refractivity (Wildman–Crippen MR) is 87.3 cm³/mol. The first-order valence-corrected chi connectivity index (χ1v) is 7.27. The number of esters is 1. The molecule has 6 nitrogen and oxygen atoms in total. The van der Waals surface area contributed by atoms with Crippen LogP contribution in [0.1, 0.15) is 12.5 Å². The normalized spacial score (nSPS) is 11.0. The highest BCUT2D eigenvalue weighted by Crippen LogP contribution is 2.10. The van der Waals surface area contributed by atoms with E-state index in [2.05, 4.69) is 5.32 Å². The number of carbonyl (C=O) groups is 2. The van der Waals surface area contributed by atoms with Crippen molar-refractivity contribution in [3.8, 4) is 11.8 Å². The Balaban J connectivity index is 1.80. The SMILES string of the molecule is C[C@@H](OC(=O)COc1ccccc1)C(=O)Nc1ccc(C#N)cc1. The number of nitriles is 1. The Morgan fingerprint density at radius 2 is 1.79 bits per heavy atom. The van der Waals surface area contributed by atoms with Crippen molar-refractivity contribution < 1.29 is 19.1 Å². The number of ether oxygens (including phenoxy) is 2. The Bertz CT molecular complexity index is 736. The molecule has 0 aliphatic heterocycles. The molecule has 0 heterocycles. The third kappa shape index (κ3) is 5.14. The summed E-state index contributed by atoms with van der Waals surface area (Å²) in [6.45, 7) is 1.19. The highest BCUT2D eigenvalue weighted by atomic mass is 16.6. The van der Waals surface area contributed by atoms with Gasteiger partial charge in [0.25, 0.3) is 5.91 Å². The van der Waals surface area contributed by atoms with Gasteiger partial charge in [0.05, 0.1) is 11.6 Å². The molecule has 2 rings (SSSR count). The van der Waals surface area contributed by atoms with Crippen LogP contribution in [0.15, 0.2) is 54.6 Å². The van der Waals surface area contributed by atoms with Crippen molar-refractivity contribution in [3.05, 3.63) is 60.2 Å². The first-order chi connectivity index (χ1) is 11.6. The summed E-state index contributed by atoms with van der Waals surface area (Å²) in [6, 6.07) is 17.2. The van der Waals surface area contributed by atoms with Gasteiger partial charge in [-0.3, -0.25) is 4.79 Å². The maximum atomic E-state index is 12.0. The van der Waals surface area contributed by atoms with Crippen LogP contribution < -0.4 is 10.1 Å². The second-order valence-corrected chi connectivity index (χ2v) is 4.91. The Morgan fingerprint density at radius 3 is 2.42 bits per heavy atom. The number of amides is 1. The monoisotopic (exact) mass is 324 g/mol. The number of carbonyl (C=O) groups excluding carboxylic acids is 2. The molecule has 6 heteroatoms. The molecule has 2 aromatic rings. The molecule has 122 valence electrons. The molecule has 0 aliphatic rings. The smallest absolute Gasteiger partial charge is 0.344 e. The molecule has 0 spiro atoms. The highest BCUT2D eigenvalue weighted by molar-refractivity contribution is 5.95. The first kappa shape index (κ1) is 17.0. The predicted octanol–water partition coefficient (Wildman–Crippen LogP) is 2.51. The lowest BCUT2D eigenvalue weighted by molar-refractivity contribution is -0.155. The number of hydrogen-bond acceptors (Lipinski definition) is 5. The largest absolute Gasteiger partial charge is 0.482 e. The number of anilines is 1. The van der Waals surface area contributed by atoms with Gasteiger partial charge in [0, 0.05) is 5.69 Å². The molecule has 0 bridgehead atoms. The summed E-state index contributed by atoms with van der Waals surface area (Å²) in [7, 11) is 0. The van der Waals surface area contributed by atoms with E-state index in [-0.39, 0.29) is 6.61 Å². The number of para-hydroxylation sites is 1. The quantitative estimate of drug-likeness (QED) is 0.825. The summed E-state index contributed by atoms with van der Waals surface area (Å²) < 4.78 is 10.3. The van der Waals surface area contributed by atoms with Crippen molar-refractivity contribution in [1.82, 2.24) is 0 Å². The number of nitrogens with one attached hydrogen (secondary N) is 1. The van der Waals surface area contributed by atoms with Crippen molar-refractivity contribution in [1.29, 1.82) is 5.26 Å². The minimum absolute atomic E-state index is 0.279. The zero-order valence-corrected chi connectivity index (χ0v) is 13.1. The van der Waals surface area contributed by atoms with Crippen LogP contribution in [0, 0.1) is 11.3 Å². The fourth-order valence-electron chi connectivity index (χ4n) is 1.82. The number of rotatable bonds is 6. The summed E-state index contributed by atoms with van der Waals surface area (Å²) in [5, 5.41) is 11.3. The van der Waals surface area contributed by atoms with E-state index in [4.69, 9.17) is 14.7 Å². The summed E-state index contributed by atoms with van der Waals surface area (Å²) in [5.41, 5.74) is 1.01. The van der Waals surface area contributed by atoms with Gasteiger partial charge in [-0.1, -0.05) is 18.2 Å². The topological polar surface area (TPSA) is 88.4 Å². The Morgan fingerprint density at radius 1 is 1.12 bits per heavy atom. The van der Waals surface area contributed by atoms with E-state index in [0.29, 0.717) is 17.0 Å². The molecule has 0 saturated heterocycles. The van der Waals surface area contributed by atoms with E-state index in [9.17, 15) is 9.59 Å². The van der Waals surface area contributed by atoms with Crippen LogP contribution in [0.2, 0.25) is 0 Å². The molecular formula is C18H16N2O4. The summed E-state index contributed by atoms with van der Waals surface area (Å²) in [4.78, 5) is 23.7. The maximum Gasteiger partial charge on any atom is 0.344 e. The van der Waals surface area contributed by atoms with Gasteiger partial charge in [-0.15, -0.1) is 0 Å². The number of benzene rings is 2. The Kier molecular flexibility index (Phi) is 5.92. The summed E-state index contributed by atoms with van der Waals surface area (Å²) >= 11 is 0. The van der Waals surface area contributed by atoms with Crippen molar-refractivity contribution in [2.45, 2.75) is 13.0 Å². The zero-order chi connectivity index (χ0) is 17.4. The zero-order valence-electron chi connectivity index (χ0n) is 13.1.